The van der Waals surface area contributed by atoms with E-state index in [1.54, 1.807) is 17.1 Å². The SMILES string of the molecule is O=C(NCc1cccnc1)c1nnn2c1COC(c1ccc(Br)cc1)C2. The standard InChI is InChI=1S/C18H16BrN5O2/c19-14-5-3-13(4-6-14)16-10-24-15(11-26-16)17(22-23-24)18(25)21-9-12-2-1-7-20-8-12/h1-8,16H,9-11H2,(H,21,25). The Balaban J connectivity index is 1.45. The smallest absolute Gasteiger partial charge is 0.274 e. The molecule has 0 fully saturated rings. The number of ether oxygens (including phenoxy) is 1. The molecule has 0 saturated carbocycles. The van der Waals surface area contributed by atoms with E-state index in [9.17, 15) is 4.79 Å². The van der Waals surface area contributed by atoms with Gasteiger partial charge in [-0.05, 0) is 29.3 Å². The zero-order valence-corrected chi connectivity index (χ0v) is 15.4. The monoisotopic (exact) mass is 413 g/mol. The Morgan fingerprint density at radius 3 is 2.92 bits per heavy atom. The number of pyridine rings is 1. The second-order valence-corrected chi connectivity index (χ2v) is 6.88. The van der Waals surface area contributed by atoms with Crippen LogP contribution in [0.25, 0.3) is 0 Å². The van der Waals surface area contributed by atoms with Crippen LogP contribution in [0.2, 0.25) is 0 Å². The van der Waals surface area contributed by atoms with Gasteiger partial charge in [-0.25, -0.2) is 4.68 Å². The highest BCUT2D eigenvalue weighted by Gasteiger charge is 2.27. The van der Waals surface area contributed by atoms with Crippen LogP contribution in [0.1, 0.15) is 33.4 Å². The van der Waals surface area contributed by atoms with Crippen LogP contribution in [0.4, 0.5) is 0 Å². The number of amides is 1. The van der Waals surface area contributed by atoms with E-state index >= 15 is 0 Å². The largest absolute Gasteiger partial charge is 0.365 e. The minimum atomic E-state index is -0.263. The summed E-state index contributed by atoms with van der Waals surface area (Å²) < 4.78 is 8.70. The minimum absolute atomic E-state index is 0.108. The highest BCUT2D eigenvalue weighted by molar-refractivity contribution is 9.10. The average Bonchev–Trinajstić information content (AvgIpc) is 3.11. The molecule has 1 aliphatic heterocycles. The number of benzene rings is 1. The van der Waals surface area contributed by atoms with Crippen molar-refractivity contribution in [3.8, 4) is 0 Å². The van der Waals surface area contributed by atoms with Gasteiger partial charge in [0.1, 0.15) is 6.10 Å². The van der Waals surface area contributed by atoms with Crippen molar-refractivity contribution in [1.82, 2.24) is 25.3 Å². The van der Waals surface area contributed by atoms with Crippen molar-refractivity contribution < 1.29 is 9.53 Å². The van der Waals surface area contributed by atoms with E-state index in [-0.39, 0.29) is 12.0 Å². The zero-order valence-electron chi connectivity index (χ0n) is 13.8. The van der Waals surface area contributed by atoms with Gasteiger partial charge in [-0.2, -0.15) is 0 Å². The number of hydrogen-bond donors (Lipinski definition) is 1. The number of nitrogens with one attached hydrogen (secondary N) is 1. The number of nitrogens with zero attached hydrogens (tertiary/aromatic N) is 4. The molecule has 1 amide bonds. The molecule has 3 aromatic rings. The molecular formula is C18H16BrN5O2. The molecule has 7 nitrogen and oxygen atoms in total. The number of rotatable bonds is 4. The molecule has 0 radical (unpaired) electrons. The Morgan fingerprint density at radius 1 is 1.31 bits per heavy atom. The van der Waals surface area contributed by atoms with Crippen molar-refractivity contribution in [2.45, 2.75) is 25.8 Å². The first-order chi connectivity index (χ1) is 12.7. The Bertz CT molecular complexity index is 911. The van der Waals surface area contributed by atoms with E-state index in [2.05, 4.69) is 36.5 Å². The summed E-state index contributed by atoms with van der Waals surface area (Å²) in [5.74, 6) is -0.263. The highest BCUT2D eigenvalue weighted by Crippen LogP contribution is 2.27. The second kappa shape index (κ2) is 7.35. The third kappa shape index (κ3) is 3.51. The van der Waals surface area contributed by atoms with Crippen LogP contribution < -0.4 is 5.32 Å². The molecule has 132 valence electrons. The summed E-state index contributed by atoms with van der Waals surface area (Å²) in [6.07, 6.45) is 3.30. The number of carbonyl (C=O) groups excluding carboxylic acids is 1. The van der Waals surface area contributed by atoms with E-state index in [1.165, 1.54) is 0 Å². The highest BCUT2D eigenvalue weighted by atomic mass is 79.9. The lowest BCUT2D eigenvalue weighted by Crippen LogP contribution is -2.27. The summed E-state index contributed by atoms with van der Waals surface area (Å²) in [4.78, 5) is 16.5. The lowest BCUT2D eigenvalue weighted by Gasteiger charge is -2.24. The molecule has 26 heavy (non-hydrogen) atoms. The van der Waals surface area contributed by atoms with Crippen molar-refractivity contribution in [3.63, 3.8) is 0 Å². The maximum Gasteiger partial charge on any atom is 0.274 e. The van der Waals surface area contributed by atoms with Gasteiger partial charge in [-0.3, -0.25) is 9.78 Å². The molecule has 0 aliphatic carbocycles. The number of hydrogen-bond acceptors (Lipinski definition) is 5. The van der Waals surface area contributed by atoms with Crippen molar-refractivity contribution in [2.24, 2.45) is 0 Å². The maximum atomic E-state index is 12.4. The van der Waals surface area contributed by atoms with Crippen LogP contribution in [0, 0.1) is 0 Å². The van der Waals surface area contributed by atoms with Crippen molar-refractivity contribution in [3.05, 3.63) is 75.8 Å². The Morgan fingerprint density at radius 2 is 2.15 bits per heavy atom. The summed E-state index contributed by atoms with van der Waals surface area (Å²) in [6.45, 7) is 1.21. The molecule has 1 aliphatic rings. The second-order valence-electron chi connectivity index (χ2n) is 5.96. The van der Waals surface area contributed by atoms with Crippen LogP contribution in [-0.4, -0.2) is 25.9 Å². The van der Waals surface area contributed by atoms with Gasteiger partial charge in [-0.1, -0.05) is 39.3 Å². The van der Waals surface area contributed by atoms with Crippen LogP contribution in [0.5, 0.6) is 0 Å². The molecule has 0 saturated heterocycles. The molecular weight excluding hydrogens is 398 g/mol. The summed E-state index contributed by atoms with van der Waals surface area (Å²) in [6, 6.07) is 11.7. The van der Waals surface area contributed by atoms with Crippen LogP contribution in [-0.2, 0) is 24.4 Å². The molecule has 0 spiro atoms. The molecule has 2 aromatic heterocycles. The summed E-state index contributed by atoms with van der Waals surface area (Å²) >= 11 is 3.43. The Labute approximate surface area is 158 Å². The molecule has 1 N–H and O–H groups in total. The van der Waals surface area contributed by atoms with Gasteiger partial charge in [0.2, 0.25) is 0 Å². The lowest BCUT2D eigenvalue weighted by atomic mass is 10.1. The number of aromatic nitrogens is 4. The van der Waals surface area contributed by atoms with Gasteiger partial charge in [0.15, 0.2) is 5.69 Å². The number of fused-ring (bicyclic) bond motifs is 1. The molecule has 0 bridgehead atoms. The minimum Gasteiger partial charge on any atom is -0.365 e. The normalized spacial score (nSPS) is 16.1. The van der Waals surface area contributed by atoms with Crippen molar-refractivity contribution >= 4 is 21.8 Å². The summed E-state index contributed by atoms with van der Waals surface area (Å²) in [5, 5.41) is 11.0. The molecule has 1 aromatic carbocycles. The first-order valence-electron chi connectivity index (χ1n) is 8.17. The molecule has 3 heterocycles. The molecule has 4 rings (SSSR count). The van der Waals surface area contributed by atoms with E-state index in [4.69, 9.17) is 4.74 Å². The Kier molecular flexibility index (Phi) is 4.77. The van der Waals surface area contributed by atoms with Gasteiger partial charge in [0, 0.05) is 23.4 Å². The molecule has 8 heteroatoms. The summed E-state index contributed by atoms with van der Waals surface area (Å²) in [7, 11) is 0. The van der Waals surface area contributed by atoms with Gasteiger partial charge < -0.3 is 10.1 Å². The topological polar surface area (TPSA) is 81.9 Å². The predicted molar refractivity (Wildman–Crippen MR) is 97.1 cm³/mol. The van der Waals surface area contributed by atoms with Gasteiger partial charge in [-0.15, -0.1) is 5.10 Å². The first kappa shape index (κ1) is 16.9. The van der Waals surface area contributed by atoms with Crippen LogP contribution in [0.15, 0.2) is 53.3 Å². The zero-order chi connectivity index (χ0) is 17.9. The van der Waals surface area contributed by atoms with Gasteiger partial charge in [0.05, 0.1) is 18.8 Å². The van der Waals surface area contributed by atoms with E-state index in [0.717, 1.165) is 15.6 Å². The van der Waals surface area contributed by atoms with E-state index < -0.39 is 0 Å². The van der Waals surface area contributed by atoms with E-state index in [1.807, 2.05) is 36.4 Å². The van der Waals surface area contributed by atoms with Crippen LogP contribution >= 0.6 is 15.9 Å². The molecule has 1 unspecified atom stereocenters. The van der Waals surface area contributed by atoms with Crippen LogP contribution in [0.3, 0.4) is 0 Å². The first-order valence-corrected chi connectivity index (χ1v) is 8.96. The fourth-order valence-electron chi connectivity index (χ4n) is 2.84. The predicted octanol–water partition coefficient (Wildman–Crippen LogP) is 2.64. The summed E-state index contributed by atoms with van der Waals surface area (Å²) in [5.41, 5.74) is 3.00. The number of carbonyl (C=O) groups is 1. The maximum absolute atomic E-state index is 12.4. The van der Waals surface area contributed by atoms with Gasteiger partial charge >= 0.3 is 0 Å². The van der Waals surface area contributed by atoms with Gasteiger partial charge in [0.25, 0.3) is 5.91 Å². The third-order valence-corrected chi connectivity index (χ3v) is 4.76. The molecule has 1 atom stereocenters. The third-order valence-electron chi connectivity index (χ3n) is 4.23. The quantitative estimate of drug-likeness (QED) is 0.710. The van der Waals surface area contributed by atoms with Crippen molar-refractivity contribution in [2.75, 3.05) is 0 Å². The fraction of sp³-hybridized carbons (Fsp3) is 0.222. The van der Waals surface area contributed by atoms with E-state index in [0.29, 0.717) is 31.1 Å². The van der Waals surface area contributed by atoms with Crippen molar-refractivity contribution in [1.29, 1.82) is 0 Å². The fourth-order valence-corrected chi connectivity index (χ4v) is 3.10. The lowest BCUT2D eigenvalue weighted by molar-refractivity contribution is -0.00177. The Hall–Kier alpha value is -2.58. The average molecular weight is 414 g/mol. The number of halogens is 1.